The molecule has 0 spiro atoms. The summed E-state index contributed by atoms with van der Waals surface area (Å²) in [5.41, 5.74) is 0. The van der Waals surface area contributed by atoms with Gasteiger partial charge in [0.2, 0.25) is 0 Å². The van der Waals surface area contributed by atoms with Crippen LogP contribution in [-0.4, -0.2) is 61.9 Å². The fourth-order valence-electron chi connectivity index (χ4n) is 2.30. The molecule has 6 heteroatoms. The largest absolute Gasteiger partial charge is 0.325 e. The predicted octanol–water partition coefficient (Wildman–Crippen LogP) is 1.35. The first kappa shape index (κ1) is 15.3. The molecule has 0 saturated carbocycles. The van der Waals surface area contributed by atoms with Gasteiger partial charge in [-0.15, -0.1) is 0 Å². The van der Waals surface area contributed by atoms with Crippen molar-refractivity contribution in [2.75, 3.05) is 31.6 Å². The number of hydrogen-bond donors (Lipinski definition) is 0. The third kappa shape index (κ3) is 3.86. The van der Waals surface area contributed by atoms with Crippen molar-refractivity contribution in [3.05, 3.63) is 0 Å². The fraction of sp³-hybridized carbons (Fsp3) is 0.917. The SMILES string of the molecule is CCCN(CCC)C(=O)N(C)C1CCS(=O)(=O)C1. The fourth-order valence-corrected chi connectivity index (χ4v) is 4.08. The molecule has 2 amide bonds. The van der Waals surface area contributed by atoms with E-state index in [0.717, 1.165) is 25.9 Å². The highest BCUT2D eigenvalue weighted by molar-refractivity contribution is 7.91. The quantitative estimate of drug-likeness (QED) is 0.761. The molecule has 18 heavy (non-hydrogen) atoms. The number of carbonyl (C=O) groups excluding carboxylic acids is 1. The zero-order valence-electron chi connectivity index (χ0n) is 11.6. The maximum Gasteiger partial charge on any atom is 0.320 e. The van der Waals surface area contributed by atoms with Gasteiger partial charge in [-0.25, -0.2) is 13.2 Å². The van der Waals surface area contributed by atoms with E-state index < -0.39 is 9.84 Å². The molecular weight excluding hydrogens is 252 g/mol. The standard InChI is InChI=1S/C12H24N2O3S/c1-4-7-14(8-5-2)12(15)13(3)11-6-9-18(16,17)10-11/h11H,4-10H2,1-3H3. The lowest BCUT2D eigenvalue weighted by molar-refractivity contribution is 0.150. The predicted molar refractivity (Wildman–Crippen MR) is 72.4 cm³/mol. The normalized spacial score (nSPS) is 21.8. The summed E-state index contributed by atoms with van der Waals surface area (Å²) in [5, 5.41) is 0. The van der Waals surface area contributed by atoms with E-state index in [-0.39, 0.29) is 23.6 Å². The zero-order chi connectivity index (χ0) is 13.8. The molecule has 0 bridgehead atoms. The van der Waals surface area contributed by atoms with Gasteiger partial charge in [0.1, 0.15) is 0 Å². The van der Waals surface area contributed by atoms with Gasteiger partial charge in [-0.1, -0.05) is 13.8 Å². The summed E-state index contributed by atoms with van der Waals surface area (Å²) in [6, 6.07) is -0.195. The van der Waals surface area contributed by atoms with Crippen LogP contribution in [0.5, 0.6) is 0 Å². The number of rotatable bonds is 5. The second-order valence-electron chi connectivity index (χ2n) is 4.94. The van der Waals surface area contributed by atoms with E-state index in [4.69, 9.17) is 0 Å². The number of urea groups is 1. The van der Waals surface area contributed by atoms with Crippen LogP contribution in [0.4, 0.5) is 4.79 Å². The Morgan fingerprint density at radius 1 is 1.22 bits per heavy atom. The van der Waals surface area contributed by atoms with E-state index in [9.17, 15) is 13.2 Å². The van der Waals surface area contributed by atoms with Gasteiger partial charge >= 0.3 is 6.03 Å². The average Bonchev–Trinajstić information content (AvgIpc) is 2.67. The van der Waals surface area contributed by atoms with E-state index in [1.807, 2.05) is 18.7 Å². The minimum atomic E-state index is -2.94. The molecule has 1 aliphatic heterocycles. The summed E-state index contributed by atoms with van der Waals surface area (Å²) in [5.74, 6) is 0.318. The average molecular weight is 276 g/mol. The van der Waals surface area contributed by atoms with Crippen molar-refractivity contribution in [1.82, 2.24) is 9.80 Å². The van der Waals surface area contributed by atoms with Gasteiger partial charge in [0, 0.05) is 26.2 Å². The van der Waals surface area contributed by atoms with E-state index in [1.165, 1.54) is 0 Å². The summed E-state index contributed by atoms with van der Waals surface area (Å²) in [6.45, 7) is 5.54. The molecular formula is C12H24N2O3S. The first-order valence-electron chi connectivity index (χ1n) is 6.63. The summed E-state index contributed by atoms with van der Waals surface area (Å²) >= 11 is 0. The van der Waals surface area contributed by atoms with E-state index in [1.54, 1.807) is 11.9 Å². The lowest BCUT2D eigenvalue weighted by Gasteiger charge is -2.31. The number of carbonyl (C=O) groups is 1. The Kier molecular flexibility index (Phi) is 5.44. The highest BCUT2D eigenvalue weighted by atomic mass is 32.2. The summed E-state index contributed by atoms with van der Waals surface area (Å²) < 4.78 is 22.9. The van der Waals surface area contributed by atoms with Crippen molar-refractivity contribution in [1.29, 1.82) is 0 Å². The topological polar surface area (TPSA) is 57.7 Å². The van der Waals surface area contributed by atoms with Crippen LogP contribution in [-0.2, 0) is 9.84 Å². The van der Waals surface area contributed by atoms with Crippen molar-refractivity contribution in [2.24, 2.45) is 0 Å². The minimum absolute atomic E-state index is 0.0409. The lowest BCUT2D eigenvalue weighted by Crippen LogP contribution is -2.47. The van der Waals surface area contributed by atoms with Crippen molar-refractivity contribution in [2.45, 2.75) is 39.2 Å². The Morgan fingerprint density at radius 2 is 1.78 bits per heavy atom. The first-order chi connectivity index (χ1) is 8.41. The van der Waals surface area contributed by atoms with Gasteiger partial charge in [0.05, 0.1) is 11.5 Å². The molecule has 0 radical (unpaired) electrons. The van der Waals surface area contributed by atoms with Crippen LogP contribution in [0.3, 0.4) is 0 Å². The summed E-state index contributed by atoms with van der Waals surface area (Å²) in [7, 11) is -1.22. The van der Waals surface area contributed by atoms with Crippen LogP contribution in [0.1, 0.15) is 33.1 Å². The minimum Gasteiger partial charge on any atom is -0.325 e. The molecule has 5 nitrogen and oxygen atoms in total. The number of sulfone groups is 1. The summed E-state index contributed by atoms with van der Waals surface area (Å²) in [4.78, 5) is 15.7. The maximum absolute atomic E-state index is 12.3. The molecule has 106 valence electrons. The number of amides is 2. The van der Waals surface area contributed by atoms with Crippen LogP contribution < -0.4 is 0 Å². The molecule has 1 unspecified atom stereocenters. The monoisotopic (exact) mass is 276 g/mol. The van der Waals surface area contributed by atoms with Crippen molar-refractivity contribution in [3.8, 4) is 0 Å². The van der Waals surface area contributed by atoms with Crippen LogP contribution >= 0.6 is 0 Å². The van der Waals surface area contributed by atoms with E-state index >= 15 is 0 Å². The van der Waals surface area contributed by atoms with Gasteiger partial charge in [-0.3, -0.25) is 0 Å². The van der Waals surface area contributed by atoms with E-state index in [2.05, 4.69) is 0 Å². The highest BCUT2D eigenvalue weighted by Crippen LogP contribution is 2.17. The Labute approximate surface area is 110 Å². The summed E-state index contributed by atoms with van der Waals surface area (Å²) in [6.07, 6.45) is 2.40. The second kappa shape index (κ2) is 6.41. The third-order valence-corrected chi connectivity index (χ3v) is 5.07. The smallest absolute Gasteiger partial charge is 0.320 e. The van der Waals surface area contributed by atoms with E-state index in [0.29, 0.717) is 6.42 Å². The second-order valence-corrected chi connectivity index (χ2v) is 7.17. The molecule has 1 aliphatic rings. The lowest BCUT2D eigenvalue weighted by atomic mass is 10.2. The molecule has 0 aromatic rings. The first-order valence-corrected chi connectivity index (χ1v) is 8.45. The molecule has 0 aromatic heterocycles. The Hall–Kier alpha value is -0.780. The zero-order valence-corrected chi connectivity index (χ0v) is 12.4. The van der Waals surface area contributed by atoms with Crippen LogP contribution in [0.15, 0.2) is 0 Å². The van der Waals surface area contributed by atoms with Gasteiger partial charge in [-0.05, 0) is 19.3 Å². The van der Waals surface area contributed by atoms with Crippen LogP contribution in [0.2, 0.25) is 0 Å². The van der Waals surface area contributed by atoms with Gasteiger partial charge in [0.25, 0.3) is 0 Å². The highest BCUT2D eigenvalue weighted by Gasteiger charge is 2.33. The van der Waals surface area contributed by atoms with Crippen LogP contribution in [0.25, 0.3) is 0 Å². The maximum atomic E-state index is 12.3. The van der Waals surface area contributed by atoms with Crippen molar-refractivity contribution < 1.29 is 13.2 Å². The van der Waals surface area contributed by atoms with Crippen molar-refractivity contribution in [3.63, 3.8) is 0 Å². The van der Waals surface area contributed by atoms with Gasteiger partial charge < -0.3 is 9.80 Å². The Balaban J connectivity index is 2.64. The Morgan fingerprint density at radius 3 is 2.17 bits per heavy atom. The molecule has 1 saturated heterocycles. The third-order valence-electron chi connectivity index (χ3n) is 3.32. The number of hydrogen-bond acceptors (Lipinski definition) is 3. The molecule has 0 N–H and O–H groups in total. The Bertz CT molecular complexity index is 375. The molecule has 0 aromatic carbocycles. The molecule has 1 rings (SSSR count). The molecule has 1 fully saturated rings. The van der Waals surface area contributed by atoms with Gasteiger partial charge in [-0.2, -0.15) is 0 Å². The van der Waals surface area contributed by atoms with Crippen molar-refractivity contribution >= 4 is 15.9 Å². The number of nitrogens with zero attached hydrogens (tertiary/aromatic N) is 2. The molecule has 1 atom stereocenters. The van der Waals surface area contributed by atoms with Crippen LogP contribution in [0, 0.1) is 0 Å². The molecule has 1 heterocycles. The van der Waals surface area contributed by atoms with Gasteiger partial charge in [0.15, 0.2) is 9.84 Å². The molecule has 0 aliphatic carbocycles.